The Kier molecular flexibility index (Phi) is 4.56. The molecule has 0 spiro atoms. The van der Waals surface area contributed by atoms with Crippen LogP contribution in [0.2, 0.25) is 0 Å². The van der Waals surface area contributed by atoms with Crippen molar-refractivity contribution in [3.05, 3.63) is 66.4 Å². The summed E-state index contributed by atoms with van der Waals surface area (Å²) in [7, 11) is 0. The van der Waals surface area contributed by atoms with Gasteiger partial charge < -0.3 is 14.8 Å². The smallest absolute Gasteiger partial charge is 0.224 e. The number of rotatable bonds is 5. The second kappa shape index (κ2) is 6.95. The molecule has 3 aromatic rings. The minimum atomic E-state index is -0.320. The monoisotopic (exact) mass is 326 g/mol. The van der Waals surface area contributed by atoms with Gasteiger partial charge in [0, 0.05) is 18.4 Å². The van der Waals surface area contributed by atoms with E-state index in [9.17, 15) is 14.3 Å². The topological polar surface area (TPSA) is 75.4 Å². The summed E-state index contributed by atoms with van der Waals surface area (Å²) in [5, 5.41) is 12.2. The Balaban J connectivity index is 1.58. The zero-order chi connectivity index (χ0) is 16.9. The van der Waals surface area contributed by atoms with Crippen LogP contribution in [0.15, 0.2) is 59.1 Å². The van der Waals surface area contributed by atoms with Gasteiger partial charge >= 0.3 is 0 Å². The predicted molar refractivity (Wildman–Crippen MR) is 87.0 cm³/mol. The molecule has 0 saturated carbocycles. The van der Waals surface area contributed by atoms with Crippen LogP contribution in [0.3, 0.4) is 0 Å². The molecule has 1 amide bonds. The largest absolute Gasteiger partial charge is 0.506 e. The maximum atomic E-state index is 12.9. The highest BCUT2D eigenvalue weighted by molar-refractivity contribution is 5.92. The van der Waals surface area contributed by atoms with Gasteiger partial charge in [0.1, 0.15) is 11.6 Å². The molecule has 0 unspecified atom stereocenters. The fourth-order valence-electron chi connectivity index (χ4n) is 2.19. The number of carbonyl (C=O) groups is 1. The van der Waals surface area contributed by atoms with E-state index in [0.29, 0.717) is 29.3 Å². The molecule has 0 saturated heterocycles. The summed E-state index contributed by atoms with van der Waals surface area (Å²) in [5.74, 6) is 0.380. The number of phenols is 1. The van der Waals surface area contributed by atoms with E-state index in [1.54, 1.807) is 36.5 Å². The molecular formula is C18H15FN2O3. The summed E-state index contributed by atoms with van der Waals surface area (Å²) in [6, 6.07) is 12.4. The lowest BCUT2D eigenvalue weighted by Gasteiger charge is -2.05. The van der Waals surface area contributed by atoms with E-state index in [0.717, 1.165) is 0 Å². The highest BCUT2D eigenvalue weighted by Crippen LogP contribution is 2.23. The molecule has 0 atom stereocenters. The van der Waals surface area contributed by atoms with Crippen molar-refractivity contribution in [2.75, 3.05) is 5.32 Å². The number of nitrogens with zero attached hydrogens (tertiary/aromatic N) is 1. The Morgan fingerprint density at radius 2 is 1.92 bits per heavy atom. The van der Waals surface area contributed by atoms with Crippen LogP contribution in [-0.4, -0.2) is 16.0 Å². The fourth-order valence-corrected chi connectivity index (χ4v) is 2.19. The van der Waals surface area contributed by atoms with Crippen LogP contribution in [0.4, 0.5) is 10.1 Å². The van der Waals surface area contributed by atoms with Gasteiger partial charge in [0.2, 0.25) is 5.91 Å². The Morgan fingerprint density at radius 3 is 2.67 bits per heavy atom. The van der Waals surface area contributed by atoms with Crippen LogP contribution in [0, 0.1) is 5.82 Å². The van der Waals surface area contributed by atoms with Crippen LogP contribution >= 0.6 is 0 Å². The van der Waals surface area contributed by atoms with Gasteiger partial charge in [0.05, 0.1) is 11.9 Å². The number of nitrogens with one attached hydrogen (secondary N) is 1. The first-order valence-corrected chi connectivity index (χ1v) is 7.40. The van der Waals surface area contributed by atoms with E-state index < -0.39 is 0 Å². The average molecular weight is 326 g/mol. The SMILES string of the molecule is O=C(CCc1ncc(-c2ccc(F)cc2)o1)Nc1ccccc1O. The number of halogens is 1. The van der Waals surface area contributed by atoms with Gasteiger partial charge in [-0.3, -0.25) is 4.79 Å². The number of carbonyl (C=O) groups excluding carboxylic acids is 1. The lowest BCUT2D eigenvalue weighted by molar-refractivity contribution is -0.116. The predicted octanol–water partition coefficient (Wildman–Crippen LogP) is 3.76. The van der Waals surface area contributed by atoms with Crippen molar-refractivity contribution >= 4 is 11.6 Å². The molecule has 1 aromatic heterocycles. The normalized spacial score (nSPS) is 10.5. The molecule has 2 aromatic carbocycles. The molecule has 0 fully saturated rings. The number of aromatic nitrogens is 1. The van der Waals surface area contributed by atoms with Gasteiger partial charge in [-0.25, -0.2) is 9.37 Å². The number of phenolic OH excluding ortho intramolecular Hbond substituents is 1. The standard InChI is InChI=1S/C18H15FN2O3/c19-13-7-5-12(6-8-13)16-11-20-18(24-16)10-9-17(23)21-14-3-1-2-4-15(14)22/h1-8,11,22H,9-10H2,(H,21,23). The minimum absolute atomic E-state index is 0.0144. The van der Waals surface area contributed by atoms with Gasteiger partial charge in [0.15, 0.2) is 11.7 Å². The van der Waals surface area contributed by atoms with Crippen LogP contribution in [-0.2, 0) is 11.2 Å². The summed E-state index contributed by atoms with van der Waals surface area (Å²) in [4.78, 5) is 16.0. The molecule has 0 aliphatic carbocycles. The van der Waals surface area contributed by atoms with Crippen molar-refractivity contribution in [3.8, 4) is 17.1 Å². The molecule has 0 aliphatic rings. The number of aromatic hydroxyl groups is 1. The van der Waals surface area contributed by atoms with Gasteiger partial charge in [-0.1, -0.05) is 12.1 Å². The van der Waals surface area contributed by atoms with E-state index in [1.165, 1.54) is 18.2 Å². The third kappa shape index (κ3) is 3.78. The maximum Gasteiger partial charge on any atom is 0.224 e. The van der Waals surface area contributed by atoms with Crippen molar-refractivity contribution in [1.82, 2.24) is 4.98 Å². The van der Waals surface area contributed by atoms with Gasteiger partial charge in [-0.05, 0) is 36.4 Å². The number of benzene rings is 2. The average Bonchev–Trinajstić information content (AvgIpc) is 3.05. The van der Waals surface area contributed by atoms with Crippen LogP contribution in [0.5, 0.6) is 5.75 Å². The number of amides is 1. The molecule has 0 aliphatic heterocycles. The van der Waals surface area contributed by atoms with E-state index >= 15 is 0 Å². The maximum absolute atomic E-state index is 12.9. The van der Waals surface area contributed by atoms with Crippen LogP contribution in [0.1, 0.15) is 12.3 Å². The lowest BCUT2D eigenvalue weighted by atomic mass is 10.2. The van der Waals surface area contributed by atoms with Gasteiger partial charge in [-0.2, -0.15) is 0 Å². The molecule has 5 nitrogen and oxygen atoms in total. The third-order valence-electron chi connectivity index (χ3n) is 3.43. The first kappa shape index (κ1) is 15.7. The van der Waals surface area contributed by atoms with Crippen LogP contribution in [0.25, 0.3) is 11.3 Å². The number of aryl methyl sites for hydroxylation is 1. The molecule has 6 heteroatoms. The minimum Gasteiger partial charge on any atom is -0.506 e. The second-order valence-corrected chi connectivity index (χ2v) is 5.19. The van der Waals surface area contributed by atoms with Crippen LogP contribution < -0.4 is 5.32 Å². The van der Waals surface area contributed by atoms with E-state index in [4.69, 9.17) is 4.42 Å². The number of hydrogen-bond donors (Lipinski definition) is 2. The Morgan fingerprint density at radius 1 is 1.17 bits per heavy atom. The Hall–Kier alpha value is -3.15. The summed E-state index contributed by atoms with van der Waals surface area (Å²) < 4.78 is 18.5. The van der Waals surface area contributed by atoms with E-state index in [-0.39, 0.29) is 23.9 Å². The first-order valence-electron chi connectivity index (χ1n) is 7.40. The highest BCUT2D eigenvalue weighted by Gasteiger charge is 2.10. The fraction of sp³-hybridized carbons (Fsp3) is 0.111. The Labute approximate surface area is 137 Å². The number of anilines is 1. The summed E-state index contributed by atoms with van der Waals surface area (Å²) in [5.41, 5.74) is 1.08. The highest BCUT2D eigenvalue weighted by atomic mass is 19.1. The summed E-state index contributed by atoms with van der Waals surface area (Å²) >= 11 is 0. The van der Waals surface area contributed by atoms with E-state index in [1.807, 2.05) is 0 Å². The van der Waals surface area contributed by atoms with E-state index in [2.05, 4.69) is 10.3 Å². The van der Waals surface area contributed by atoms with Gasteiger partial charge in [0.25, 0.3) is 0 Å². The number of hydrogen-bond acceptors (Lipinski definition) is 4. The molecule has 0 radical (unpaired) electrons. The summed E-state index contributed by atoms with van der Waals surface area (Å²) in [6.07, 6.45) is 2.03. The number of para-hydroxylation sites is 2. The molecule has 2 N–H and O–H groups in total. The zero-order valence-electron chi connectivity index (χ0n) is 12.7. The molecule has 3 rings (SSSR count). The van der Waals surface area contributed by atoms with Crippen molar-refractivity contribution in [1.29, 1.82) is 0 Å². The summed E-state index contributed by atoms with van der Waals surface area (Å²) in [6.45, 7) is 0. The molecule has 0 bridgehead atoms. The van der Waals surface area contributed by atoms with Crippen molar-refractivity contribution in [2.45, 2.75) is 12.8 Å². The van der Waals surface area contributed by atoms with Gasteiger partial charge in [-0.15, -0.1) is 0 Å². The third-order valence-corrected chi connectivity index (χ3v) is 3.43. The molecular weight excluding hydrogens is 311 g/mol. The second-order valence-electron chi connectivity index (χ2n) is 5.19. The number of oxazole rings is 1. The molecule has 122 valence electrons. The quantitative estimate of drug-likeness (QED) is 0.700. The van der Waals surface area contributed by atoms with Crippen molar-refractivity contribution in [2.24, 2.45) is 0 Å². The zero-order valence-corrected chi connectivity index (χ0v) is 12.7. The molecule has 1 heterocycles. The van der Waals surface area contributed by atoms with Crippen molar-refractivity contribution < 1.29 is 18.7 Å². The molecule has 24 heavy (non-hydrogen) atoms. The Bertz CT molecular complexity index is 843. The lowest BCUT2D eigenvalue weighted by Crippen LogP contribution is -2.12. The first-order chi connectivity index (χ1) is 11.6. The van der Waals surface area contributed by atoms with Crippen molar-refractivity contribution in [3.63, 3.8) is 0 Å².